The van der Waals surface area contributed by atoms with E-state index >= 15 is 0 Å². The third-order valence-electron chi connectivity index (χ3n) is 2.63. The van der Waals surface area contributed by atoms with Crippen molar-refractivity contribution >= 4 is 11.9 Å². The number of hydrogen-bond acceptors (Lipinski definition) is 4. The summed E-state index contributed by atoms with van der Waals surface area (Å²) < 4.78 is 10.1. The van der Waals surface area contributed by atoms with Crippen LogP contribution in [0.15, 0.2) is 0 Å². The lowest BCUT2D eigenvalue weighted by molar-refractivity contribution is -0.147. The Labute approximate surface area is 76.2 Å². The van der Waals surface area contributed by atoms with Gasteiger partial charge in [-0.1, -0.05) is 0 Å². The van der Waals surface area contributed by atoms with E-state index in [-0.39, 0.29) is 30.1 Å². The molecule has 2 aliphatic rings. The zero-order valence-corrected chi connectivity index (χ0v) is 7.49. The molecule has 72 valence electrons. The highest BCUT2D eigenvalue weighted by Crippen LogP contribution is 2.37. The van der Waals surface area contributed by atoms with Gasteiger partial charge in [0, 0.05) is 19.3 Å². The van der Waals surface area contributed by atoms with Crippen LogP contribution in [-0.4, -0.2) is 24.1 Å². The van der Waals surface area contributed by atoms with E-state index in [1.807, 2.05) is 0 Å². The maximum Gasteiger partial charge on any atom is 0.306 e. The molecule has 13 heavy (non-hydrogen) atoms. The third kappa shape index (κ3) is 1.66. The highest BCUT2D eigenvalue weighted by Gasteiger charge is 2.44. The Morgan fingerprint density at radius 2 is 2.31 bits per heavy atom. The first-order valence-electron chi connectivity index (χ1n) is 4.52. The predicted molar refractivity (Wildman–Crippen MR) is 42.8 cm³/mol. The molecule has 1 heterocycles. The van der Waals surface area contributed by atoms with Gasteiger partial charge in [-0.25, -0.2) is 0 Å². The molecule has 0 radical (unpaired) electrons. The maximum atomic E-state index is 10.9. The van der Waals surface area contributed by atoms with Crippen molar-refractivity contribution in [1.29, 1.82) is 0 Å². The largest absolute Gasteiger partial charge is 0.462 e. The smallest absolute Gasteiger partial charge is 0.306 e. The van der Waals surface area contributed by atoms with Crippen molar-refractivity contribution in [3.05, 3.63) is 0 Å². The minimum absolute atomic E-state index is 0.00292. The van der Waals surface area contributed by atoms with Crippen molar-refractivity contribution in [2.75, 3.05) is 0 Å². The predicted octanol–water partition coefficient (Wildman–Crippen LogP) is 0.644. The second-order valence-electron chi connectivity index (χ2n) is 3.70. The van der Waals surface area contributed by atoms with Crippen molar-refractivity contribution in [1.82, 2.24) is 0 Å². The van der Waals surface area contributed by atoms with Crippen LogP contribution in [0.1, 0.15) is 26.2 Å². The van der Waals surface area contributed by atoms with E-state index in [9.17, 15) is 9.59 Å². The molecule has 0 aromatic rings. The van der Waals surface area contributed by atoms with Crippen molar-refractivity contribution in [3.63, 3.8) is 0 Å². The molecule has 1 saturated heterocycles. The Morgan fingerprint density at radius 3 is 2.92 bits per heavy atom. The summed E-state index contributed by atoms with van der Waals surface area (Å²) in [5.41, 5.74) is 0. The van der Waals surface area contributed by atoms with Crippen molar-refractivity contribution in [2.24, 2.45) is 5.92 Å². The summed E-state index contributed by atoms with van der Waals surface area (Å²) in [6, 6.07) is 0. The summed E-state index contributed by atoms with van der Waals surface area (Å²) in [6.45, 7) is 1.40. The van der Waals surface area contributed by atoms with Crippen molar-refractivity contribution in [3.8, 4) is 0 Å². The number of carbonyl (C=O) groups excluding carboxylic acids is 2. The van der Waals surface area contributed by atoms with Gasteiger partial charge in [0.1, 0.15) is 12.2 Å². The molecule has 0 aromatic heterocycles. The first-order valence-corrected chi connectivity index (χ1v) is 4.52. The van der Waals surface area contributed by atoms with Crippen LogP contribution in [0.5, 0.6) is 0 Å². The van der Waals surface area contributed by atoms with Gasteiger partial charge in [-0.2, -0.15) is 0 Å². The van der Waals surface area contributed by atoms with Gasteiger partial charge in [0.15, 0.2) is 0 Å². The van der Waals surface area contributed by atoms with Crippen molar-refractivity contribution in [2.45, 2.75) is 38.4 Å². The molecular weight excluding hydrogens is 172 g/mol. The average molecular weight is 184 g/mol. The summed E-state index contributed by atoms with van der Waals surface area (Å²) in [7, 11) is 0. The number of carbonyl (C=O) groups is 2. The van der Waals surface area contributed by atoms with Gasteiger partial charge in [-0.3, -0.25) is 9.59 Å². The number of fused-ring (bicyclic) bond motifs is 1. The van der Waals surface area contributed by atoms with E-state index in [2.05, 4.69) is 0 Å². The molecule has 0 aromatic carbocycles. The zero-order valence-electron chi connectivity index (χ0n) is 7.49. The van der Waals surface area contributed by atoms with Crippen LogP contribution in [0, 0.1) is 5.92 Å². The van der Waals surface area contributed by atoms with Crippen molar-refractivity contribution < 1.29 is 19.1 Å². The minimum Gasteiger partial charge on any atom is -0.462 e. The number of ether oxygens (including phenoxy) is 2. The quantitative estimate of drug-likeness (QED) is 0.561. The molecule has 1 aliphatic carbocycles. The van der Waals surface area contributed by atoms with Crippen LogP contribution in [0.4, 0.5) is 0 Å². The van der Waals surface area contributed by atoms with Crippen LogP contribution < -0.4 is 0 Å². The fourth-order valence-corrected chi connectivity index (χ4v) is 2.16. The summed E-state index contributed by atoms with van der Waals surface area (Å²) in [5, 5.41) is 0. The monoisotopic (exact) mass is 184 g/mol. The number of hydrogen-bond donors (Lipinski definition) is 0. The van der Waals surface area contributed by atoms with Gasteiger partial charge in [-0.05, 0) is 6.42 Å². The lowest BCUT2D eigenvalue weighted by Gasteiger charge is -2.10. The van der Waals surface area contributed by atoms with Gasteiger partial charge in [0.2, 0.25) is 0 Å². The molecular formula is C9H12O4. The van der Waals surface area contributed by atoms with Gasteiger partial charge in [0.05, 0.1) is 6.42 Å². The van der Waals surface area contributed by atoms with Crippen LogP contribution in [0.2, 0.25) is 0 Å². The molecule has 2 rings (SSSR count). The van der Waals surface area contributed by atoms with E-state index in [1.165, 1.54) is 6.92 Å². The highest BCUT2D eigenvalue weighted by molar-refractivity contribution is 5.72. The second-order valence-corrected chi connectivity index (χ2v) is 3.70. The number of rotatable bonds is 1. The zero-order chi connectivity index (χ0) is 9.42. The fraction of sp³-hybridized carbons (Fsp3) is 0.778. The Balaban J connectivity index is 1.90. The first-order chi connectivity index (χ1) is 6.15. The molecule has 0 bridgehead atoms. The first kappa shape index (κ1) is 8.53. The molecule has 0 N–H and O–H groups in total. The second kappa shape index (κ2) is 3.01. The fourth-order valence-electron chi connectivity index (χ4n) is 2.16. The Bertz CT molecular complexity index is 232. The molecule has 4 heteroatoms. The topological polar surface area (TPSA) is 52.6 Å². The van der Waals surface area contributed by atoms with Crippen LogP contribution >= 0.6 is 0 Å². The maximum absolute atomic E-state index is 10.9. The molecule has 3 atom stereocenters. The van der Waals surface area contributed by atoms with E-state index in [0.717, 1.165) is 6.42 Å². The van der Waals surface area contributed by atoms with E-state index in [4.69, 9.17) is 9.47 Å². The van der Waals surface area contributed by atoms with Crippen LogP contribution in [0.3, 0.4) is 0 Å². The molecule has 1 aliphatic heterocycles. The van der Waals surface area contributed by atoms with E-state index in [0.29, 0.717) is 12.8 Å². The standard InChI is InChI=1S/C9H12O4/c1-5(10)12-7-2-6-3-9(11)13-8(6)4-7/h6-8H,2-4H2,1H3/t6-,7-,8-/m1/s1. The molecule has 1 saturated carbocycles. The van der Waals surface area contributed by atoms with Gasteiger partial charge in [0.25, 0.3) is 0 Å². The summed E-state index contributed by atoms with van der Waals surface area (Å²) in [6.07, 6.45) is 1.89. The molecule has 0 spiro atoms. The van der Waals surface area contributed by atoms with Crippen LogP contribution in [0.25, 0.3) is 0 Å². The van der Waals surface area contributed by atoms with E-state index < -0.39 is 0 Å². The summed E-state index contributed by atoms with van der Waals surface area (Å²) in [5.74, 6) is -0.0931. The lowest BCUT2D eigenvalue weighted by atomic mass is 10.1. The Hall–Kier alpha value is -1.06. The van der Waals surface area contributed by atoms with Crippen LogP contribution in [-0.2, 0) is 19.1 Å². The third-order valence-corrected chi connectivity index (χ3v) is 2.63. The van der Waals surface area contributed by atoms with Gasteiger partial charge >= 0.3 is 11.9 Å². The highest BCUT2D eigenvalue weighted by atomic mass is 16.6. The van der Waals surface area contributed by atoms with Gasteiger partial charge < -0.3 is 9.47 Å². The summed E-state index contributed by atoms with van der Waals surface area (Å²) in [4.78, 5) is 21.5. The minimum atomic E-state index is -0.253. The Morgan fingerprint density at radius 1 is 1.54 bits per heavy atom. The molecule has 2 fully saturated rings. The molecule has 0 amide bonds. The average Bonchev–Trinajstić information content (AvgIpc) is 2.41. The molecule has 4 nitrogen and oxygen atoms in total. The lowest BCUT2D eigenvalue weighted by Crippen LogP contribution is -2.15. The van der Waals surface area contributed by atoms with E-state index in [1.54, 1.807) is 0 Å². The Kier molecular flexibility index (Phi) is 1.98. The summed E-state index contributed by atoms with van der Waals surface area (Å²) >= 11 is 0. The normalized spacial score (nSPS) is 37.0. The van der Waals surface area contributed by atoms with Gasteiger partial charge in [-0.15, -0.1) is 0 Å². The molecule has 0 unspecified atom stereocenters. The number of esters is 2. The SMILES string of the molecule is CC(=O)O[C@@H]1C[C@@H]2CC(=O)O[C@@H]2C1.